The number of aromatic nitrogens is 1. The first-order valence-electron chi connectivity index (χ1n) is 4.24. The molecule has 1 rings (SSSR count). The van der Waals surface area contributed by atoms with Gasteiger partial charge in [0.2, 0.25) is 0 Å². The smallest absolute Gasteiger partial charge is 0.410 e. The van der Waals surface area contributed by atoms with Crippen LogP contribution in [0.2, 0.25) is 5.02 Å². The molecule has 0 aliphatic carbocycles. The Kier molecular flexibility index (Phi) is 3.96. The van der Waals surface area contributed by atoms with Crippen molar-refractivity contribution in [1.82, 2.24) is 4.98 Å². The molecule has 4 N–H and O–H groups in total. The van der Waals surface area contributed by atoms with Crippen LogP contribution >= 0.6 is 11.6 Å². The van der Waals surface area contributed by atoms with Crippen LogP contribution in [0.15, 0.2) is 22.6 Å². The Bertz CT molecular complexity index is 516. The second kappa shape index (κ2) is 5.08. The highest BCUT2D eigenvalue weighted by Crippen LogP contribution is 2.31. The molecule has 0 aromatic carbocycles. The summed E-state index contributed by atoms with van der Waals surface area (Å²) in [6, 6.07) is 0.583. The van der Waals surface area contributed by atoms with Crippen molar-refractivity contribution in [2.75, 3.05) is 0 Å². The van der Waals surface area contributed by atoms with Crippen LogP contribution in [-0.4, -0.2) is 26.9 Å². The molecule has 0 unspecified atom stereocenters. The number of oxime groups is 2. The van der Waals surface area contributed by atoms with Crippen molar-refractivity contribution in [2.24, 2.45) is 16.0 Å². The third-order valence-corrected chi connectivity index (χ3v) is 2.13. The van der Waals surface area contributed by atoms with E-state index in [1.807, 2.05) is 0 Å². The number of hydrogen-bond donors (Lipinski definition) is 3. The van der Waals surface area contributed by atoms with Crippen molar-refractivity contribution in [3.05, 3.63) is 28.5 Å². The van der Waals surface area contributed by atoms with Crippen molar-refractivity contribution in [3.8, 4) is 0 Å². The topological polar surface area (TPSA) is 104 Å². The Morgan fingerprint density at radius 2 is 1.94 bits per heavy atom. The number of amidine groups is 1. The zero-order chi connectivity index (χ0) is 13.9. The number of alkyl halides is 3. The van der Waals surface area contributed by atoms with Gasteiger partial charge in [-0.05, 0) is 6.07 Å². The van der Waals surface area contributed by atoms with Crippen LogP contribution in [-0.2, 0) is 6.18 Å². The molecule has 0 aliphatic rings. The van der Waals surface area contributed by atoms with E-state index in [9.17, 15) is 13.2 Å². The Labute approximate surface area is 103 Å². The van der Waals surface area contributed by atoms with Gasteiger partial charge in [-0.15, -0.1) is 0 Å². The molecule has 0 bridgehead atoms. The largest absolute Gasteiger partial charge is 0.417 e. The minimum absolute atomic E-state index is 0.345. The van der Waals surface area contributed by atoms with Crippen LogP contribution in [0.4, 0.5) is 13.2 Å². The highest BCUT2D eigenvalue weighted by Gasteiger charge is 2.32. The van der Waals surface area contributed by atoms with Gasteiger partial charge < -0.3 is 16.1 Å². The van der Waals surface area contributed by atoms with E-state index >= 15 is 0 Å². The molecular formula is C8H6ClF3N4O2. The highest BCUT2D eigenvalue weighted by atomic mass is 35.5. The van der Waals surface area contributed by atoms with Gasteiger partial charge in [0.15, 0.2) is 11.5 Å². The average Bonchev–Trinajstić information content (AvgIpc) is 2.30. The molecule has 10 heteroatoms. The fraction of sp³-hybridized carbons (Fsp3) is 0.125. The first-order valence-corrected chi connectivity index (χ1v) is 4.62. The van der Waals surface area contributed by atoms with E-state index in [1.165, 1.54) is 0 Å². The first kappa shape index (κ1) is 14.0. The van der Waals surface area contributed by atoms with Crippen LogP contribution in [0.25, 0.3) is 0 Å². The first-order chi connectivity index (χ1) is 8.31. The Morgan fingerprint density at radius 3 is 2.33 bits per heavy atom. The van der Waals surface area contributed by atoms with Gasteiger partial charge in [0.1, 0.15) is 5.69 Å². The summed E-state index contributed by atoms with van der Waals surface area (Å²) >= 11 is 5.56. The molecule has 0 saturated heterocycles. The minimum Gasteiger partial charge on any atom is -0.410 e. The van der Waals surface area contributed by atoms with Crippen LogP contribution in [0.1, 0.15) is 11.3 Å². The van der Waals surface area contributed by atoms with E-state index in [4.69, 9.17) is 27.7 Å². The number of halogens is 4. The molecule has 1 aromatic rings. The summed E-state index contributed by atoms with van der Waals surface area (Å²) in [7, 11) is 0. The second-order valence-electron chi connectivity index (χ2n) is 2.99. The molecule has 1 heterocycles. The lowest BCUT2D eigenvalue weighted by Gasteiger charge is -2.09. The molecule has 0 spiro atoms. The second-order valence-corrected chi connectivity index (χ2v) is 3.39. The maximum Gasteiger partial charge on any atom is 0.417 e. The molecule has 0 fully saturated rings. The molecule has 0 atom stereocenters. The monoisotopic (exact) mass is 282 g/mol. The summed E-state index contributed by atoms with van der Waals surface area (Å²) in [5.74, 6) is -0.647. The standard InChI is InChI=1S/C8H6ClF3N4O2/c9-4-1-3(8(10,11)12)2-14-5(4)6(15-17)7(13)16-18/h1-2,17-18H,(H2,13,16). The predicted molar refractivity (Wildman–Crippen MR) is 56.0 cm³/mol. The number of pyridine rings is 1. The molecule has 0 aliphatic heterocycles. The minimum atomic E-state index is -4.61. The number of rotatable bonds is 2. The number of nitrogens with zero attached hydrogens (tertiary/aromatic N) is 3. The van der Waals surface area contributed by atoms with Gasteiger partial charge in [0.05, 0.1) is 10.6 Å². The molecular weight excluding hydrogens is 277 g/mol. The highest BCUT2D eigenvalue weighted by molar-refractivity contribution is 6.49. The van der Waals surface area contributed by atoms with Gasteiger partial charge in [0.25, 0.3) is 0 Å². The van der Waals surface area contributed by atoms with E-state index in [2.05, 4.69) is 15.3 Å². The fourth-order valence-electron chi connectivity index (χ4n) is 1.03. The van der Waals surface area contributed by atoms with Crippen molar-refractivity contribution in [2.45, 2.75) is 6.18 Å². The van der Waals surface area contributed by atoms with E-state index in [0.29, 0.717) is 12.3 Å². The lowest BCUT2D eigenvalue weighted by atomic mass is 10.2. The zero-order valence-corrected chi connectivity index (χ0v) is 9.24. The van der Waals surface area contributed by atoms with Crippen molar-refractivity contribution in [1.29, 1.82) is 0 Å². The van der Waals surface area contributed by atoms with E-state index in [0.717, 1.165) is 0 Å². The molecule has 18 heavy (non-hydrogen) atoms. The summed E-state index contributed by atoms with van der Waals surface area (Å²) in [6.45, 7) is 0. The summed E-state index contributed by atoms with van der Waals surface area (Å²) in [6.07, 6.45) is -4.13. The maximum absolute atomic E-state index is 12.3. The Hall–Kier alpha value is -2.03. The van der Waals surface area contributed by atoms with Gasteiger partial charge in [-0.2, -0.15) is 13.2 Å². The Balaban J connectivity index is 3.30. The molecule has 0 radical (unpaired) electrons. The summed E-state index contributed by atoms with van der Waals surface area (Å²) in [5.41, 5.74) is 3.17. The number of hydrogen-bond acceptors (Lipinski definition) is 5. The lowest BCUT2D eigenvalue weighted by Crippen LogP contribution is -2.26. The third-order valence-electron chi connectivity index (χ3n) is 1.84. The van der Waals surface area contributed by atoms with Crippen molar-refractivity contribution in [3.63, 3.8) is 0 Å². The van der Waals surface area contributed by atoms with E-state index in [1.54, 1.807) is 0 Å². The van der Waals surface area contributed by atoms with E-state index < -0.39 is 28.3 Å². The van der Waals surface area contributed by atoms with Gasteiger partial charge in [0, 0.05) is 6.20 Å². The van der Waals surface area contributed by atoms with Crippen LogP contribution in [0.3, 0.4) is 0 Å². The molecule has 0 saturated carbocycles. The SMILES string of the molecule is N/C(=N\O)C(=NO)c1ncc(C(F)(F)F)cc1Cl. The maximum atomic E-state index is 12.3. The summed E-state index contributed by atoms with van der Waals surface area (Å²) in [4.78, 5) is 3.37. The van der Waals surface area contributed by atoms with E-state index in [-0.39, 0.29) is 5.69 Å². The van der Waals surface area contributed by atoms with Crippen molar-refractivity contribution >= 4 is 23.1 Å². The molecule has 1 aromatic heterocycles. The van der Waals surface area contributed by atoms with Gasteiger partial charge >= 0.3 is 6.18 Å². The molecule has 0 amide bonds. The molecule has 6 nitrogen and oxygen atoms in total. The molecule has 98 valence electrons. The normalized spacial score (nSPS) is 13.8. The number of nitrogens with two attached hydrogens (primary N) is 1. The van der Waals surface area contributed by atoms with Crippen molar-refractivity contribution < 1.29 is 23.6 Å². The third kappa shape index (κ3) is 2.80. The lowest BCUT2D eigenvalue weighted by molar-refractivity contribution is -0.137. The predicted octanol–water partition coefficient (Wildman–Crippen LogP) is 1.68. The van der Waals surface area contributed by atoms with Crippen LogP contribution in [0, 0.1) is 0 Å². The zero-order valence-electron chi connectivity index (χ0n) is 8.48. The summed E-state index contributed by atoms with van der Waals surface area (Å²) in [5, 5.41) is 21.8. The van der Waals surface area contributed by atoms with Gasteiger partial charge in [-0.1, -0.05) is 21.9 Å². The average molecular weight is 283 g/mol. The van der Waals surface area contributed by atoms with Gasteiger partial charge in [-0.3, -0.25) is 4.98 Å². The Morgan fingerprint density at radius 1 is 1.33 bits per heavy atom. The summed E-state index contributed by atoms with van der Waals surface area (Å²) < 4.78 is 37.0. The van der Waals surface area contributed by atoms with Crippen LogP contribution < -0.4 is 5.73 Å². The van der Waals surface area contributed by atoms with Crippen LogP contribution in [0.5, 0.6) is 0 Å². The van der Waals surface area contributed by atoms with Gasteiger partial charge in [-0.25, -0.2) is 0 Å². The quantitative estimate of drug-likeness (QED) is 0.332. The fourth-order valence-corrected chi connectivity index (χ4v) is 1.29.